The van der Waals surface area contributed by atoms with Crippen molar-refractivity contribution in [3.8, 4) is 23.6 Å². The highest BCUT2D eigenvalue weighted by atomic mass is 16.5. The first-order valence-corrected chi connectivity index (χ1v) is 9.27. The molecule has 2 aromatic carbocycles. The Hall–Kier alpha value is -4.04. The number of hydrogen-bond acceptors (Lipinski definition) is 6. The lowest BCUT2D eigenvalue weighted by molar-refractivity contribution is -0.118. The smallest absolute Gasteiger partial charge is 0.262 e. The van der Waals surface area contributed by atoms with E-state index in [2.05, 4.69) is 5.32 Å². The highest BCUT2D eigenvalue weighted by Crippen LogP contribution is 2.17. The van der Waals surface area contributed by atoms with Crippen LogP contribution in [0, 0.1) is 22.7 Å². The van der Waals surface area contributed by atoms with Gasteiger partial charge in [-0.3, -0.25) is 9.59 Å². The molecular formula is C22H22N4O4. The second-order valence-electron chi connectivity index (χ2n) is 6.20. The Kier molecular flexibility index (Phi) is 8.70. The molecule has 0 radical (unpaired) electrons. The summed E-state index contributed by atoms with van der Waals surface area (Å²) in [5, 5.41) is 20.2. The van der Waals surface area contributed by atoms with Crippen molar-refractivity contribution in [2.45, 2.75) is 12.8 Å². The topological polar surface area (TPSA) is 115 Å². The third kappa shape index (κ3) is 6.84. The van der Waals surface area contributed by atoms with E-state index in [1.54, 1.807) is 55.6 Å². The molecule has 0 saturated heterocycles. The summed E-state index contributed by atoms with van der Waals surface area (Å²) in [6.45, 7) is 0.334. The molecule has 0 spiro atoms. The average molecular weight is 406 g/mol. The fourth-order valence-corrected chi connectivity index (χ4v) is 2.61. The fraction of sp³-hybridized carbons (Fsp3) is 0.273. The van der Waals surface area contributed by atoms with Crippen LogP contribution in [0.3, 0.4) is 0 Å². The first-order chi connectivity index (χ1) is 14.6. The molecule has 0 fully saturated rings. The Bertz CT molecular complexity index is 927. The molecule has 154 valence electrons. The van der Waals surface area contributed by atoms with E-state index >= 15 is 0 Å². The van der Waals surface area contributed by atoms with Crippen LogP contribution in [0.2, 0.25) is 0 Å². The van der Waals surface area contributed by atoms with E-state index in [0.29, 0.717) is 22.7 Å². The van der Waals surface area contributed by atoms with Gasteiger partial charge in [0.05, 0.1) is 32.1 Å². The number of amides is 2. The lowest BCUT2D eigenvalue weighted by Gasteiger charge is -2.20. The van der Waals surface area contributed by atoms with Gasteiger partial charge in [-0.15, -0.1) is 0 Å². The number of hydrogen-bond donors (Lipinski definition) is 1. The van der Waals surface area contributed by atoms with Crippen molar-refractivity contribution in [3.05, 3.63) is 54.1 Å². The Morgan fingerprint density at radius 1 is 1.00 bits per heavy atom. The van der Waals surface area contributed by atoms with E-state index in [4.69, 9.17) is 20.0 Å². The fourth-order valence-electron chi connectivity index (χ4n) is 2.61. The largest absolute Gasteiger partial charge is 0.497 e. The molecular weight excluding hydrogens is 384 g/mol. The normalized spacial score (nSPS) is 9.70. The molecule has 8 heteroatoms. The van der Waals surface area contributed by atoms with Crippen molar-refractivity contribution in [1.29, 1.82) is 10.5 Å². The molecule has 1 N–H and O–H groups in total. The number of nitriles is 2. The molecule has 0 saturated carbocycles. The van der Waals surface area contributed by atoms with Crippen LogP contribution < -0.4 is 14.8 Å². The quantitative estimate of drug-likeness (QED) is 0.648. The van der Waals surface area contributed by atoms with E-state index in [1.807, 2.05) is 12.1 Å². The number of methoxy groups -OCH3 is 1. The van der Waals surface area contributed by atoms with E-state index in [-0.39, 0.29) is 44.4 Å². The molecule has 2 aromatic rings. The summed E-state index contributed by atoms with van der Waals surface area (Å²) in [6, 6.07) is 17.3. The van der Waals surface area contributed by atoms with Crippen LogP contribution in [0.4, 0.5) is 5.69 Å². The maximum atomic E-state index is 12.6. The molecule has 0 aliphatic heterocycles. The van der Waals surface area contributed by atoms with Gasteiger partial charge in [0, 0.05) is 30.4 Å². The van der Waals surface area contributed by atoms with Crippen LogP contribution in [0.25, 0.3) is 0 Å². The van der Waals surface area contributed by atoms with Gasteiger partial charge in [0.15, 0.2) is 6.61 Å². The third-order valence-corrected chi connectivity index (χ3v) is 4.10. The van der Waals surface area contributed by atoms with E-state index in [9.17, 15) is 9.59 Å². The monoisotopic (exact) mass is 406 g/mol. The van der Waals surface area contributed by atoms with Crippen LogP contribution in [0.5, 0.6) is 11.5 Å². The molecule has 0 unspecified atom stereocenters. The first kappa shape index (κ1) is 22.3. The van der Waals surface area contributed by atoms with Gasteiger partial charge in [0.2, 0.25) is 0 Å². The summed E-state index contributed by atoms with van der Waals surface area (Å²) in [6.07, 6.45) is 0.390. The molecule has 30 heavy (non-hydrogen) atoms. The molecule has 0 aliphatic carbocycles. The van der Waals surface area contributed by atoms with Gasteiger partial charge in [-0.05, 0) is 36.4 Å². The predicted octanol–water partition coefficient (Wildman–Crippen LogP) is 2.98. The van der Waals surface area contributed by atoms with E-state index < -0.39 is 0 Å². The summed E-state index contributed by atoms with van der Waals surface area (Å²) in [7, 11) is 1.55. The highest BCUT2D eigenvalue weighted by Gasteiger charge is 2.15. The molecule has 0 aliphatic rings. The lowest BCUT2D eigenvalue weighted by atomic mass is 10.2. The van der Waals surface area contributed by atoms with Gasteiger partial charge in [-0.1, -0.05) is 6.07 Å². The third-order valence-electron chi connectivity index (χ3n) is 4.10. The maximum Gasteiger partial charge on any atom is 0.262 e. The SMILES string of the molecule is COc1cccc(NC(=O)COc2ccc(C(=O)N(CCC#N)CCC#N)cc2)c1. The summed E-state index contributed by atoms with van der Waals surface area (Å²) < 4.78 is 10.6. The molecule has 0 aromatic heterocycles. The summed E-state index contributed by atoms with van der Waals surface area (Å²) in [5.41, 5.74) is 1.01. The minimum atomic E-state index is -0.331. The van der Waals surface area contributed by atoms with Gasteiger partial charge >= 0.3 is 0 Å². The van der Waals surface area contributed by atoms with Gasteiger partial charge < -0.3 is 19.7 Å². The van der Waals surface area contributed by atoms with Crippen LogP contribution in [0.15, 0.2) is 48.5 Å². The number of ether oxygens (including phenoxy) is 2. The zero-order valence-electron chi connectivity index (χ0n) is 16.6. The van der Waals surface area contributed by atoms with E-state index in [0.717, 1.165) is 0 Å². The van der Waals surface area contributed by atoms with Crippen molar-refractivity contribution in [3.63, 3.8) is 0 Å². The lowest BCUT2D eigenvalue weighted by Crippen LogP contribution is -2.32. The van der Waals surface area contributed by atoms with Crippen LogP contribution in [-0.4, -0.2) is 43.5 Å². The predicted molar refractivity (Wildman–Crippen MR) is 110 cm³/mol. The molecule has 0 bridgehead atoms. The zero-order chi connectivity index (χ0) is 21.8. The average Bonchev–Trinajstić information content (AvgIpc) is 2.78. The second-order valence-corrected chi connectivity index (χ2v) is 6.20. The molecule has 0 heterocycles. The standard InChI is InChI=1S/C22H22N4O4/c1-29-20-6-2-5-18(15-20)25-21(27)16-30-19-9-7-17(8-10-19)22(28)26(13-3-11-23)14-4-12-24/h2,5-10,15H,3-4,13-14,16H2,1H3,(H,25,27). The molecule has 2 rings (SSSR count). The van der Waals surface area contributed by atoms with Gasteiger partial charge in [0.1, 0.15) is 11.5 Å². The number of benzene rings is 2. The van der Waals surface area contributed by atoms with Gasteiger partial charge in [0.25, 0.3) is 11.8 Å². The van der Waals surface area contributed by atoms with Crippen LogP contribution >= 0.6 is 0 Å². The van der Waals surface area contributed by atoms with Crippen LogP contribution in [0.1, 0.15) is 23.2 Å². The maximum absolute atomic E-state index is 12.6. The summed E-state index contributed by atoms with van der Waals surface area (Å²) in [4.78, 5) is 26.1. The number of nitrogens with one attached hydrogen (secondary N) is 1. The minimum absolute atomic E-state index is 0.193. The number of nitrogens with zero attached hydrogens (tertiary/aromatic N) is 3. The number of anilines is 1. The number of carbonyl (C=O) groups is 2. The zero-order valence-corrected chi connectivity index (χ0v) is 16.6. The second kappa shape index (κ2) is 11.7. The first-order valence-electron chi connectivity index (χ1n) is 9.27. The number of rotatable bonds is 10. The Morgan fingerprint density at radius 2 is 1.67 bits per heavy atom. The van der Waals surface area contributed by atoms with Crippen molar-refractivity contribution in [1.82, 2.24) is 4.90 Å². The van der Waals surface area contributed by atoms with Crippen molar-refractivity contribution < 1.29 is 19.1 Å². The highest BCUT2D eigenvalue weighted by molar-refractivity contribution is 5.94. The summed E-state index contributed by atoms with van der Waals surface area (Å²) in [5.74, 6) is 0.478. The van der Waals surface area contributed by atoms with Crippen molar-refractivity contribution in [2.75, 3.05) is 32.1 Å². The number of carbonyl (C=O) groups excluding carboxylic acids is 2. The van der Waals surface area contributed by atoms with Gasteiger partial charge in [-0.25, -0.2) is 0 Å². The molecule has 2 amide bonds. The molecule has 0 atom stereocenters. The Morgan fingerprint density at radius 3 is 2.27 bits per heavy atom. The molecule has 8 nitrogen and oxygen atoms in total. The summed E-state index contributed by atoms with van der Waals surface area (Å²) >= 11 is 0. The Labute approximate surface area is 175 Å². The minimum Gasteiger partial charge on any atom is -0.497 e. The van der Waals surface area contributed by atoms with Crippen LogP contribution in [-0.2, 0) is 4.79 Å². The van der Waals surface area contributed by atoms with Crippen molar-refractivity contribution in [2.24, 2.45) is 0 Å². The Balaban J connectivity index is 1.91. The van der Waals surface area contributed by atoms with E-state index in [1.165, 1.54) is 4.90 Å². The van der Waals surface area contributed by atoms with Gasteiger partial charge in [-0.2, -0.15) is 10.5 Å². The van der Waals surface area contributed by atoms with Crippen molar-refractivity contribution >= 4 is 17.5 Å².